The Bertz CT molecular complexity index is 474. The molecule has 0 unspecified atom stereocenters. The van der Waals surface area contributed by atoms with E-state index in [0.29, 0.717) is 0 Å². The number of aromatic nitrogens is 1. The lowest BCUT2D eigenvalue weighted by atomic mass is 10.1. The van der Waals surface area contributed by atoms with Crippen LogP contribution in [0.2, 0.25) is 0 Å². The predicted octanol–water partition coefficient (Wildman–Crippen LogP) is 0.864. The van der Waals surface area contributed by atoms with Crippen LogP contribution in [0.25, 0.3) is 10.9 Å². The zero-order valence-corrected chi connectivity index (χ0v) is 10.1. The number of rotatable bonds is 4. The highest BCUT2D eigenvalue weighted by atomic mass is 16.5. The SMILES string of the molecule is COc1ccc2[nH]cc(CC[NH+](C)C)c2c1. The molecule has 0 amide bonds. The normalized spacial score (nSPS) is 11.2. The maximum Gasteiger partial charge on any atom is 0.119 e. The summed E-state index contributed by atoms with van der Waals surface area (Å²) in [7, 11) is 6.06. The lowest BCUT2D eigenvalue weighted by molar-refractivity contribution is -0.858. The molecule has 0 saturated carbocycles. The predicted molar refractivity (Wildman–Crippen MR) is 66.2 cm³/mol. The van der Waals surface area contributed by atoms with E-state index in [0.717, 1.165) is 18.7 Å². The highest BCUT2D eigenvalue weighted by Crippen LogP contribution is 2.23. The van der Waals surface area contributed by atoms with Gasteiger partial charge >= 0.3 is 0 Å². The van der Waals surface area contributed by atoms with Gasteiger partial charge in [-0.15, -0.1) is 0 Å². The van der Waals surface area contributed by atoms with E-state index in [9.17, 15) is 0 Å². The van der Waals surface area contributed by atoms with Crippen molar-refractivity contribution in [3.05, 3.63) is 30.0 Å². The van der Waals surface area contributed by atoms with Gasteiger partial charge in [-0.2, -0.15) is 0 Å². The summed E-state index contributed by atoms with van der Waals surface area (Å²) in [5, 5.41) is 1.28. The number of ether oxygens (including phenoxy) is 1. The Kier molecular flexibility index (Phi) is 3.15. The number of fused-ring (bicyclic) bond motifs is 1. The molecule has 1 heterocycles. The van der Waals surface area contributed by atoms with Gasteiger partial charge in [0.25, 0.3) is 0 Å². The molecule has 1 aromatic heterocycles. The number of likely N-dealkylation sites (N-methyl/N-ethyl adjacent to an activating group) is 1. The van der Waals surface area contributed by atoms with E-state index in [4.69, 9.17) is 4.74 Å². The average Bonchev–Trinajstić information content (AvgIpc) is 2.68. The second-order valence-corrected chi connectivity index (χ2v) is 4.43. The topological polar surface area (TPSA) is 29.5 Å². The van der Waals surface area contributed by atoms with Crippen molar-refractivity contribution in [2.75, 3.05) is 27.7 Å². The van der Waals surface area contributed by atoms with Gasteiger partial charge < -0.3 is 14.6 Å². The molecule has 0 atom stereocenters. The molecular formula is C13H19N2O+. The number of quaternary nitrogens is 1. The minimum atomic E-state index is 0.922. The van der Waals surface area contributed by atoms with E-state index in [2.05, 4.69) is 37.4 Å². The van der Waals surface area contributed by atoms with Crippen LogP contribution in [0.4, 0.5) is 0 Å². The molecular weight excluding hydrogens is 200 g/mol. The van der Waals surface area contributed by atoms with Crippen LogP contribution in [0.3, 0.4) is 0 Å². The Morgan fingerprint density at radius 3 is 2.81 bits per heavy atom. The maximum absolute atomic E-state index is 5.25. The molecule has 0 aliphatic heterocycles. The lowest BCUT2D eigenvalue weighted by Crippen LogP contribution is -3.05. The first kappa shape index (κ1) is 11.0. The van der Waals surface area contributed by atoms with Crippen LogP contribution in [0.5, 0.6) is 5.75 Å². The van der Waals surface area contributed by atoms with Gasteiger partial charge in [0.05, 0.1) is 27.7 Å². The van der Waals surface area contributed by atoms with Crippen molar-refractivity contribution >= 4 is 10.9 Å². The molecule has 2 rings (SSSR count). The summed E-state index contributed by atoms with van der Waals surface area (Å²) in [5.41, 5.74) is 2.56. The highest BCUT2D eigenvalue weighted by Gasteiger charge is 2.06. The summed E-state index contributed by atoms with van der Waals surface area (Å²) in [5.74, 6) is 0.922. The van der Waals surface area contributed by atoms with Crippen molar-refractivity contribution < 1.29 is 9.64 Å². The van der Waals surface area contributed by atoms with E-state index < -0.39 is 0 Å². The first-order valence-electron chi connectivity index (χ1n) is 5.63. The summed E-state index contributed by atoms with van der Waals surface area (Å²) in [6, 6.07) is 6.16. The molecule has 0 radical (unpaired) electrons. The van der Waals surface area contributed by atoms with E-state index in [-0.39, 0.29) is 0 Å². The molecule has 0 saturated heterocycles. The van der Waals surface area contributed by atoms with Gasteiger partial charge in [-0.25, -0.2) is 0 Å². The van der Waals surface area contributed by atoms with Gasteiger partial charge in [-0.05, 0) is 23.8 Å². The number of hydrogen-bond donors (Lipinski definition) is 2. The van der Waals surface area contributed by atoms with Crippen LogP contribution < -0.4 is 9.64 Å². The second kappa shape index (κ2) is 4.58. The largest absolute Gasteiger partial charge is 0.497 e. The Morgan fingerprint density at radius 1 is 1.31 bits per heavy atom. The minimum Gasteiger partial charge on any atom is -0.497 e. The summed E-state index contributed by atoms with van der Waals surface area (Å²) in [6.45, 7) is 1.14. The van der Waals surface area contributed by atoms with Gasteiger partial charge in [-0.3, -0.25) is 0 Å². The Labute approximate surface area is 96.0 Å². The molecule has 2 aromatic rings. The molecule has 16 heavy (non-hydrogen) atoms. The number of H-pyrrole nitrogens is 1. The smallest absolute Gasteiger partial charge is 0.119 e. The van der Waals surface area contributed by atoms with Crippen LogP contribution in [-0.4, -0.2) is 32.7 Å². The van der Waals surface area contributed by atoms with E-state index in [1.807, 2.05) is 6.07 Å². The molecule has 3 nitrogen and oxygen atoms in total. The van der Waals surface area contributed by atoms with Crippen LogP contribution in [0, 0.1) is 0 Å². The molecule has 0 spiro atoms. The van der Waals surface area contributed by atoms with Crippen molar-refractivity contribution in [1.82, 2.24) is 4.98 Å². The van der Waals surface area contributed by atoms with Crippen molar-refractivity contribution in [2.24, 2.45) is 0 Å². The minimum absolute atomic E-state index is 0.922. The van der Waals surface area contributed by atoms with Crippen molar-refractivity contribution in [1.29, 1.82) is 0 Å². The van der Waals surface area contributed by atoms with E-state index >= 15 is 0 Å². The van der Waals surface area contributed by atoms with Crippen LogP contribution in [-0.2, 0) is 6.42 Å². The van der Waals surface area contributed by atoms with E-state index in [1.54, 1.807) is 7.11 Å². The fraction of sp³-hybridized carbons (Fsp3) is 0.385. The van der Waals surface area contributed by atoms with Gasteiger partial charge in [-0.1, -0.05) is 0 Å². The first-order valence-corrected chi connectivity index (χ1v) is 5.63. The number of hydrogen-bond acceptors (Lipinski definition) is 1. The Morgan fingerprint density at radius 2 is 2.12 bits per heavy atom. The fourth-order valence-electron chi connectivity index (χ4n) is 1.88. The molecule has 1 aromatic carbocycles. The molecule has 0 fully saturated rings. The molecule has 3 heteroatoms. The van der Waals surface area contributed by atoms with Crippen LogP contribution in [0.1, 0.15) is 5.56 Å². The lowest BCUT2D eigenvalue weighted by Gasteiger charge is -2.06. The molecule has 0 aliphatic carbocycles. The van der Waals surface area contributed by atoms with Crippen molar-refractivity contribution in [3.63, 3.8) is 0 Å². The maximum atomic E-state index is 5.25. The second-order valence-electron chi connectivity index (χ2n) is 4.43. The molecule has 86 valence electrons. The number of aromatic amines is 1. The molecule has 0 bridgehead atoms. The summed E-state index contributed by atoms with van der Waals surface area (Å²) in [4.78, 5) is 4.77. The standard InChI is InChI=1S/C13H18N2O/c1-15(2)7-6-10-9-14-13-5-4-11(16-3)8-12(10)13/h4-5,8-9,14H,6-7H2,1-3H3/p+1. The highest BCUT2D eigenvalue weighted by molar-refractivity contribution is 5.84. The van der Waals surface area contributed by atoms with Crippen LogP contribution in [0.15, 0.2) is 24.4 Å². The zero-order valence-electron chi connectivity index (χ0n) is 10.1. The number of methoxy groups -OCH3 is 1. The third-order valence-corrected chi connectivity index (χ3v) is 2.87. The average molecular weight is 219 g/mol. The number of nitrogens with one attached hydrogen (secondary N) is 2. The van der Waals surface area contributed by atoms with Crippen molar-refractivity contribution in [3.8, 4) is 5.75 Å². The Hall–Kier alpha value is -1.48. The first-order chi connectivity index (χ1) is 7.70. The third kappa shape index (κ3) is 2.19. The van der Waals surface area contributed by atoms with E-state index in [1.165, 1.54) is 21.4 Å². The zero-order chi connectivity index (χ0) is 11.5. The fourth-order valence-corrected chi connectivity index (χ4v) is 1.88. The van der Waals surface area contributed by atoms with Gasteiger partial charge in [0.15, 0.2) is 0 Å². The van der Waals surface area contributed by atoms with Gasteiger partial charge in [0.2, 0.25) is 0 Å². The summed E-state index contributed by atoms with van der Waals surface area (Å²) >= 11 is 0. The Balaban J connectivity index is 2.30. The van der Waals surface area contributed by atoms with Crippen LogP contribution >= 0.6 is 0 Å². The monoisotopic (exact) mass is 219 g/mol. The number of benzene rings is 1. The quantitative estimate of drug-likeness (QED) is 0.785. The summed E-state index contributed by atoms with van der Waals surface area (Å²) < 4.78 is 5.25. The molecule has 0 aliphatic rings. The van der Waals surface area contributed by atoms with Crippen molar-refractivity contribution in [2.45, 2.75) is 6.42 Å². The third-order valence-electron chi connectivity index (χ3n) is 2.87. The summed E-state index contributed by atoms with van der Waals surface area (Å²) in [6.07, 6.45) is 3.20. The molecule has 2 N–H and O–H groups in total. The van der Waals surface area contributed by atoms with Gasteiger partial charge in [0, 0.05) is 23.5 Å². The van der Waals surface area contributed by atoms with Gasteiger partial charge in [0.1, 0.15) is 5.75 Å².